The van der Waals surface area contributed by atoms with Gasteiger partial charge < -0.3 is 25.4 Å². The smallest absolute Gasteiger partial charge is 0.254 e. The Morgan fingerprint density at radius 2 is 2.04 bits per heavy atom. The van der Waals surface area contributed by atoms with Gasteiger partial charge in [0.05, 0.1) is 32.1 Å². The van der Waals surface area contributed by atoms with Crippen LogP contribution in [0, 0.1) is 0 Å². The largest absolute Gasteiger partial charge is 0.495 e. The van der Waals surface area contributed by atoms with E-state index in [9.17, 15) is 9.59 Å². The van der Waals surface area contributed by atoms with Crippen molar-refractivity contribution in [1.29, 1.82) is 0 Å². The van der Waals surface area contributed by atoms with Gasteiger partial charge in [0.2, 0.25) is 5.91 Å². The summed E-state index contributed by atoms with van der Waals surface area (Å²) in [5.41, 5.74) is 6.79. The summed E-state index contributed by atoms with van der Waals surface area (Å²) in [6, 6.07) is 4.42. The van der Waals surface area contributed by atoms with Gasteiger partial charge in [-0.15, -0.1) is 12.4 Å². The number of anilines is 1. The van der Waals surface area contributed by atoms with Crippen LogP contribution in [0.5, 0.6) is 5.75 Å². The molecule has 140 valence electrons. The summed E-state index contributed by atoms with van der Waals surface area (Å²) >= 11 is 0. The van der Waals surface area contributed by atoms with E-state index in [2.05, 4.69) is 5.32 Å². The number of amides is 2. The van der Waals surface area contributed by atoms with Crippen molar-refractivity contribution in [2.75, 3.05) is 38.7 Å². The minimum atomic E-state index is -0.585. The zero-order valence-electron chi connectivity index (χ0n) is 14.6. The molecule has 1 aliphatic heterocycles. The molecule has 3 N–H and O–H groups in total. The number of nitrogens with zero attached hydrogens (tertiary/aromatic N) is 1. The molecule has 7 nitrogen and oxygen atoms in total. The Hall–Kier alpha value is -1.83. The first-order valence-electron chi connectivity index (χ1n) is 8.18. The fraction of sp³-hybridized carbons (Fsp3) is 0.529. The number of morpholine rings is 1. The molecule has 2 amide bonds. The minimum Gasteiger partial charge on any atom is -0.495 e. The second-order valence-corrected chi connectivity index (χ2v) is 5.70. The summed E-state index contributed by atoms with van der Waals surface area (Å²) in [6.45, 7) is 4.17. The number of methoxy groups -OCH3 is 1. The highest BCUT2D eigenvalue weighted by atomic mass is 35.5. The van der Waals surface area contributed by atoms with Crippen LogP contribution in [-0.2, 0) is 9.53 Å². The van der Waals surface area contributed by atoms with E-state index in [4.69, 9.17) is 15.2 Å². The number of benzene rings is 1. The predicted molar refractivity (Wildman–Crippen MR) is 98.5 cm³/mol. The zero-order valence-corrected chi connectivity index (χ0v) is 15.4. The number of halogens is 1. The Morgan fingerprint density at radius 1 is 1.36 bits per heavy atom. The summed E-state index contributed by atoms with van der Waals surface area (Å²) in [5, 5.41) is 2.76. The predicted octanol–water partition coefficient (Wildman–Crippen LogP) is 1.66. The molecule has 8 heteroatoms. The first-order valence-corrected chi connectivity index (χ1v) is 8.18. The van der Waals surface area contributed by atoms with Crippen LogP contribution in [0.1, 0.15) is 30.1 Å². The molecule has 0 spiro atoms. The van der Waals surface area contributed by atoms with Gasteiger partial charge in [0.1, 0.15) is 5.75 Å². The molecule has 0 aromatic heterocycles. The lowest BCUT2D eigenvalue weighted by atomic mass is 10.1. The van der Waals surface area contributed by atoms with Crippen LogP contribution >= 0.6 is 12.4 Å². The Balaban J connectivity index is 0.00000312. The third kappa shape index (κ3) is 5.59. The number of nitrogens with one attached hydrogen (secondary N) is 1. The first-order chi connectivity index (χ1) is 11.6. The lowest BCUT2D eigenvalue weighted by molar-refractivity contribution is -0.117. The third-order valence-electron chi connectivity index (χ3n) is 3.94. The number of carbonyl (C=O) groups is 2. The van der Waals surface area contributed by atoms with Crippen molar-refractivity contribution in [3.8, 4) is 5.75 Å². The molecule has 1 aliphatic rings. The number of rotatable bonds is 6. The molecule has 0 aliphatic carbocycles. The zero-order chi connectivity index (χ0) is 17.5. The Labute approximate surface area is 154 Å². The summed E-state index contributed by atoms with van der Waals surface area (Å²) in [5.74, 6) is 0.117. The van der Waals surface area contributed by atoms with E-state index >= 15 is 0 Å². The van der Waals surface area contributed by atoms with Crippen LogP contribution < -0.4 is 15.8 Å². The molecule has 1 saturated heterocycles. The van der Waals surface area contributed by atoms with E-state index in [1.807, 2.05) is 6.92 Å². The maximum Gasteiger partial charge on any atom is 0.254 e. The number of hydrogen-bond donors (Lipinski definition) is 2. The van der Waals surface area contributed by atoms with Gasteiger partial charge in [0.15, 0.2) is 0 Å². The molecule has 1 atom stereocenters. The van der Waals surface area contributed by atoms with Crippen LogP contribution in [-0.4, -0.2) is 56.2 Å². The molecule has 25 heavy (non-hydrogen) atoms. The van der Waals surface area contributed by atoms with Gasteiger partial charge in [-0.3, -0.25) is 9.59 Å². The lowest BCUT2D eigenvalue weighted by Gasteiger charge is -2.27. The molecule has 1 unspecified atom stereocenters. The molecule has 1 heterocycles. The molecule has 0 radical (unpaired) electrons. The van der Waals surface area contributed by atoms with E-state index in [-0.39, 0.29) is 24.2 Å². The maximum absolute atomic E-state index is 12.6. The third-order valence-corrected chi connectivity index (χ3v) is 3.94. The van der Waals surface area contributed by atoms with Crippen molar-refractivity contribution in [2.45, 2.75) is 25.8 Å². The van der Waals surface area contributed by atoms with Crippen molar-refractivity contribution in [1.82, 2.24) is 4.90 Å². The van der Waals surface area contributed by atoms with Crippen LogP contribution in [0.2, 0.25) is 0 Å². The Morgan fingerprint density at radius 3 is 2.64 bits per heavy atom. The average Bonchev–Trinajstić information content (AvgIpc) is 2.62. The number of carbonyl (C=O) groups excluding carboxylic acids is 2. The highest BCUT2D eigenvalue weighted by Gasteiger charge is 2.21. The number of ether oxygens (including phenoxy) is 2. The Bertz CT molecular complexity index is 591. The van der Waals surface area contributed by atoms with E-state index in [0.29, 0.717) is 49.7 Å². The maximum atomic E-state index is 12.6. The van der Waals surface area contributed by atoms with Gasteiger partial charge in [0, 0.05) is 18.7 Å². The van der Waals surface area contributed by atoms with E-state index < -0.39 is 6.04 Å². The molecular formula is C17H26ClN3O4. The number of hydrogen-bond acceptors (Lipinski definition) is 5. The minimum absolute atomic E-state index is 0. The molecule has 1 aromatic rings. The summed E-state index contributed by atoms with van der Waals surface area (Å²) in [6.07, 6.45) is 1.42. The fourth-order valence-electron chi connectivity index (χ4n) is 2.56. The van der Waals surface area contributed by atoms with Crippen molar-refractivity contribution >= 4 is 29.9 Å². The van der Waals surface area contributed by atoms with Gasteiger partial charge >= 0.3 is 0 Å². The molecular weight excluding hydrogens is 346 g/mol. The van der Waals surface area contributed by atoms with Crippen molar-refractivity contribution in [3.05, 3.63) is 23.8 Å². The van der Waals surface area contributed by atoms with Gasteiger partial charge in [-0.1, -0.05) is 13.3 Å². The SMILES string of the molecule is CCCC(N)C(=O)Nc1cc(C(=O)N2CCOCC2)ccc1OC.Cl. The first kappa shape index (κ1) is 21.2. The van der Waals surface area contributed by atoms with Gasteiger partial charge in [-0.2, -0.15) is 0 Å². The summed E-state index contributed by atoms with van der Waals surface area (Å²) in [7, 11) is 1.51. The molecule has 0 bridgehead atoms. The standard InChI is InChI=1S/C17H25N3O4.ClH/c1-3-4-13(18)16(21)19-14-11-12(5-6-15(14)23-2)17(22)20-7-9-24-10-8-20;/h5-6,11,13H,3-4,7-10,18H2,1-2H3,(H,19,21);1H. The molecule has 1 fully saturated rings. The van der Waals surface area contributed by atoms with Crippen molar-refractivity contribution in [3.63, 3.8) is 0 Å². The fourth-order valence-corrected chi connectivity index (χ4v) is 2.56. The molecule has 0 saturated carbocycles. The molecule has 1 aromatic carbocycles. The average molecular weight is 372 g/mol. The van der Waals surface area contributed by atoms with Crippen molar-refractivity contribution in [2.24, 2.45) is 5.73 Å². The van der Waals surface area contributed by atoms with Crippen LogP contribution in [0.3, 0.4) is 0 Å². The van der Waals surface area contributed by atoms with Crippen molar-refractivity contribution < 1.29 is 19.1 Å². The van der Waals surface area contributed by atoms with E-state index in [1.165, 1.54) is 7.11 Å². The highest BCUT2D eigenvalue weighted by Crippen LogP contribution is 2.26. The van der Waals surface area contributed by atoms with Crippen LogP contribution in [0.25, 0.3) is 0 Å². The van der Waals surface area contributed by atoms with Gasteiger partial charge in [0.25, 0.3) is 5.91 Å². The normalized spacial score (nSPS) is 15.1. The van der Waals surface area contributed by atoms with E-state index in [0.717, 1.165) is 6.42 Å². The topological polar surface area (TPSA) is 93.9 Å². The van der Waals surface area contributed by atoms with E-state index in [1.54, 1.807) is 23.1 Å². The lowest BCUT2D eigenvalue weighted by Crippen LogP contribution is -2.40. The monoisotopic (exact) mass is 371 g/mol. The van der Waals surface area contributed by atoms with Gasteiger partial charge in [-0.05, 0) is 24.6 Å². The van der Waals surface area contributed by atoms with Gasteiger partial charge in [-0.25, -0.2) is 0 Å². The number of nitrogens with two attached hydrogens (primary N) is 1. The second kappa shape index (κ2) is 10.2. The summed E-state index contributed by atoms with van der Waals surface area (Å²) < 4.78 is 10.5. The quantitative estimate of drug-likeness (QED) is 0.793. The highest BCUT2D eigenvalue weighted by molar-refractivity contribution is 5.99. The van der Waals surface area contributed by atoms with Crippen LogP contribution in [0.4, 0.5) is 5.69 Å². The second-order valence-electron chi connectivity index (χ2n) is 5.70. The Kier molecular flexibility index (Phi) is 8.68. The van der Waals surface area contributed by atoms with Crippen LogP contribution in [0.15, 0.2) is 18.2 Å². The summed E-state index contributed by atoms with van der Waals surface area (Å²) in [4.78, 5) is 26.5. The molecule has 2 rings (SSSR count).